The molecule has 2 atom stereocenters. The number of hydrogen-bond donors (Lipinski definition) is 2. The van der Waals surface area contributed by atoms with E-state index in [-0.39, 0.29) is 6.10 Å². The van der Waals surface area contributed by atoms with Gasteiger partial charge < -0.3 is 10.4 Å². The molecule has 16 heavy (non-hydrogen) atoms. The van der Waals surface area contributed by atoms with E-state index in [0.717, 1.165) is 41.0 Å². The van der Waals surface area contributed by atoms with Crippen LogP contribution in [0.5, 0.6) is 0 Å². The normalized spacial score (nSPS) is 25.9. The lowest BCUT2D eigenvalue weighted by Gasteiger charge is -2.26. The number of hydrogen-bond acceptors (Lipinski definition) is 3. The fourth-order valence-electron chi connectivity index (χ4n) is 2.07. The highest BCUT2D eigenvalue weighted by atomic mass is 79.9. The molecule has 1 aromatic heterocycles. The van der Waals surface area contributed by atoms with Crippen molar-refractivity contribution in [2.75, 3.05) is 0 Å². The molecule has 0 amide bonds. The highest BCUT2D eigenvalue weighted by Gasteiger charge is 2.19. The lowest BCUT2D eigenvalue weighted by atomic mass is 9.93. The van der Waals surface area contributed by atoms with Gasteiger partial charge in [0.25, 0.3) is 0 Å². The summed E-state index contributed by atoms with van der Waals surface area (Å²) in [6.45, 7) is 0.841. The van der Waals surface area contributed by atoms with E-state index >= 15 is 0 Å². The van der Waals surface area contributed by atoms with Crippen molar-refractivity contribution in [3.8, 4) is 0 Å². The van der Waals surface area contributed by atoms with E-state index < -0.39 is 0 Å². The number of thiophene rings is 1. The Kier molecular flexibility index (Phi) is 4.67. The van der Waals surface area contributed by atoms with Gasteiger partial charge in [-0.2, -0.15) is 0 Å². The molecule has 1 aliphatic carbocycles. The number of aliphatic hydroxyl groups is 1. The van der Waals surface area contributed by atoms with Gasteiger partial charge in [0.05, 0.1) is 6.10 Å². The van der Waals surface area contributed by atoms with Gasteiger partial charge in [-0.3, -0.25) is 0 Å². The van der Waals surface area contributed by atoms with Gasteiger partial charge >= 0.3 is 0 Å². The summed E-state index contributed by atoms with van der Waals surface area (Å²) in [6.07, 6.45) is 3.99. The quantitative estimate of drug-likeness (QED) is 0.891. The number of rotatable bonds is 3. The largest absolute Gasteiger partial charge is 0.393 e. The summed E-state index contributed by atoms with van der Waals surface area (Å²) >= 11 is 11.0. The van der Waals surface area contributed by atoms with Crippen LogP contribution in [0.25, 0.3) is 0 Å². The van der Waals surface area contributed by atoms with Gasteiger partial charge in [-0.25, -0.2) is 0 Å². The summed E-state index contributed by atoms with van der Waals surface area (Å²) in [5.41, 5.74) is 0. The van der Waals surface area contributed by atoms with Crippen LogP contribution in [0.3, 0.4) is 0 Å². The van der Waals surface area contributed by atoms with Gasteiger partial charge in [0.15, 0.2) is 0 Å². The summed E-state index contributed by atoms with van der Waals surface area (Å²) in [6, 6.07) is 2.50. The Morgan fingerprint density at radius 2 is 2.38 bits per heavy atom. The molecular formula is C11H15BrClNOS. The van der Waals surface area contributed by atoms with Gasteiger partial charge in [-0.1, -0.05) is 11.6 Å². The maximum absolute atomic E-state index is 9.56. The summed E-state index contributed by atoms with van der Waals surface area (Å²) in [5, 5.41) is 13.0. The summed E-state index contributed by atoms with van der Waals surface area (Å²) in [7, 11) is 0. The molecule has 0 aliphatic heterocycles. The fourth-order valence-corrected chi connectivity index (χ4v) is 3.81. The Morgan fingerprint density at radius 3 is 3.00 bits per heavy atom. The molecule has 2 unspecified atom stereocenters. The number of halogens is 2. The van der Waals surface area contributed by atoms with Gasteiger partial charge in [-0.05, 0) is 47.7 Å². The van der Waals surface area contributed by atoms with Crippen LogP contribution in [-0.4, -0.2) is 17.3 Å². The molecule has 1 saturated carbocycles. The molecule has 0 spiro atoms. The Bertz CT molecular complexity index is 338. The first-order valence-corrected chi connectivity index (χ1v) is 7.49. The molecule has 2 rings (SSSR count). The van der Waals surface area contributed by atoms with Gasteiger partial charge in [0, 0.05) is 21.9 Å². The molecule has 1 heterocycles. The van der Waals surface area contributed by atoms with Crippen LogP contribution in [0.15, 0.2) is 10.5 Å². The van der Waals surface area contributed by atoms with E-state index in [1.54, 1.807) is 11.3 Å². The monoisotopic (exact) mass is 323 g/mol. The Hall–Kier alpha value is 0.390. The van der Waals surface area contributed by atoms with Crippen LogP contribution in [0, 0.1) is 0 Å². The lowest BCUT2D eigenvalue weighted by molar-refractivity contribution is 0.111. The van der Waals surface area contributed by atoms with E-state index in [1.807, 2.05) is 0 Å². The first-order valence-electron chi connectivity index (χ1n) is 5.50. The third-order valence-electron chi connectivity index (χ3n) is 2.91. The third kappa shape index (κ3) is 3.44. The SMILES string of the molecule is OC1CCCC(NCc2cc(Br)c(Cl)s2)C1. The predicted octanol–water partition coefficient (Wildman–Crippen LogP) is 3.56. The van der Waals surface area contributed by atoms with Crippen molar-refractivity contribution >= 4 is 38.9 Å². The molecule has 0 aromatic carbocycles. The minimum absolute atomic E-state index is 0.120. The maximum Gasteiger partial charge on any atom is 0.107 e. The van der Waals surface area contributed by atoms with Crippen molar-refractivity contribution in [1.29, 1.82) is 0 Å². The maximum atomic E-state index is 9.56. The average molecular weight is 325 g/mol. The molecule has 1 aliphatic rings. The van der Waals surface area contributed by atoms with E-state index in [4.69, 9.17) is 11.6 Å². The summed E-state index contributed by atoms with van der Waals surface area (Å²) in [4.78, 5) is 1.23. The average Bonchev–Trinajstić information content (AvgIpc) is 2.56. The van der Waals surface area contributed by atoms with Gasteiger partial charge in [0.1, 0.15) is 4.34 Å². The molecule has 1 fully saturated rings. The summed E-state index contributed by atoms with van der Waals surface area (Å²) < 4.78 is 1.78. The molecule has 2 nitrogen and oxygen atoms in total. The highest BCUT2D eigenvalue weighted by Crippen LogP contribution is 2.32. The Labute approximate surface area is 113 Å². The smallest absolute Gasteiger partial charge is 0.107 e. The van der Waals surface area contributed by atoms with Crippen molar-refractivity contribution < 1.29 is 5.11 Å². The second kappa shape index (κ2) is 5.83. The minimum atomic E-state index is -0.120. The predicted molar refractivity (Wildman–Crippen MR) is 72.1 cm³/mol. The standard InChI is InChI=1S/C11H15BrClNOS/c12-10-5-9(16-11(10)13)6-14-7-2-1-3-8(15)4-7/h5,7-8,14-15H,1-4,6H2. The second-order valence-electron chi connectivity index (χ2n) is 4.23. The van der Waals surface area contributed by atoms with E-state index in [2.05, 4.69) is 27.3 Å². The molecule has 5 heteroatoms. The van der Waals surface area contributed by atoms with Crippen LogP contribution in [0.1, 0.15) is 30.6 Å². The third-order valence-corrected chi connectivity index (χ3v) is 5.38. The van der Waals surface area contributed by atoms with Crippen LogP contribution in [0.2, 0.25) is 4.34 Å². The van der Waals surface area contributed by atoms with Gasteiger partial charge in [-0.15, -0.1) is 11.3 Å². The molecule has 0 saturated heterocycles. The van der Waals surface area contributed by atoms with E-state index in [0.29, 0.717) is 6.04 Å². The Morgan fingerprint density at radius 1 is 1.56 bits per heavy atom. The number of nitrogens with one attached hydrogen (secondary N) is 1. The fraction of sp³-hybridized carbons (Fsp3) is 0.636. The molecule has 0 radical (unpaired) electrons. The first-order chi connectivity index (χ1) is 7.65. The van der Waals surface area contributed by atoms with Crippen LogP contribution in [-0.2, 0) is 6.54 Å². The minimum Gasteiger partial charge on any atom is -0.393 e. The van der Waals surface area contributed by atoms with E-state index in [9.17, 15) is 5.11 Å². The van der Waals surface area contributed by atoms with E-state index in [1.165, 1.54) is 4.88 Å². The zero-order chi connectivity index (χ0) is 11.5. The highest BCUT2D eigenvalue weighted by molar-refractivity contribution is 9.10. The zero-order valence-electron chi connectivity index (χ0n) is 8.88. The first kappa shape index (κ1) is 12.8. The van der Waals surface area contributed by atoms with Crippen molar-refractivity contribution in [3.63, 3.8) is 0 Å². The molecule has 90 valence electrons. The van der Waals surface area contributed by atoms with Crippen molar-refractivity contribution in [3.05, 3.63) is 19.8 Å². The van der Waals surface area contributed by atoms with Crippen LogP contribution >= 0.6 is 38.9 Å². The van der Waals surface area contributed by atoms with Gasteiger partial charge in [0.2, 0.25) is 0 Å². The lowest BCUT2D eigenvalue weighted by Crippen LogP contribution is -2.35. The van der Waals surface area contributed by atoms with Crippen LogP contribution in [0.4, 0.5) is 0 Å². The van der Waals surface area contributed by atoms with Crippen molar-refractivity contribution in [2.45, 2.75) is 44.4 Å². The Balaban J connectivity index is 1.82. The second-order valence-corrected chi connectivity index (χ2v) is 6.83. The number of aliphatic hydroxyl groups excluding tert-OH is 1. The van der Waals surface area contributed by atoms with Crippen LogP contribution < -0.4 is 5.32 Å². The molecular weight excluding hydrogens is 310 g/mol. The molecule has 1 aromatic rings. The topological polar surface area (TPSA) is 32.3 Å². The molecule has 2 N–H and O–H groups in total. The summed E-state index contributed by atoms with van der Waals surface area (Å²) in [5.74, 6) is 0. The zero-order valence-corrected chi connectivity index (χ0v) is 12.0. The van der Waals surface area contributed by atoms with Crippen molar-refractivity contribution in [1.82, 2.24) is 5.32 Å². The molecule has 0 bridgehead atoms. The van der Waals surface area contributed by atoms with Crippen molar-refractivity contribution in [2.24, 2.45) is 0 Å².